The minimum atomic E-state index is 0.895. The molecular weight excluding hydrogens is 226 g/mol. The summed E-state index contributed by atoms with van der Waals surface area (Å²) in [5.74, 6) is 0. The lowest BCUT2D eigenvalue weighted by Crippen LogP contribution is -2.02. The average molecular weight is 236 g/mol. The Kier molecular flexibility index (Phi) is 3.36. The van der Waals surface area contributed by atoms with Crippen LogP contribution in [0.5, 0.6) is 5.06 Å². The molecule has 0 aliphatic heterocycles. The van der Waals surface area contributed by atoms with Gasteiger partial charge in [0, 0.05) is 11.4 Å². The molecule has 0 aliphatic rings. The third kappa shape index (κ3) is 2.18. The maximum absolute atomic E-state index is 5.12. The lowest BCUT2D eigenvalue weighted by Gasteiger charge is -1.92. The van der Waals surface area contributed by atoms with Crippen molar-refractivity contribution in [2.45, 2.75) is 6.54 Å². The molecule has 0 unspecified atom stereocenters. The Morgan fingerprint density at radius 3 is 2.91 bits per heavy atom. The SMILES string of the molecule is CNCc1cc(Br)c(OC)s1. The van der Waals surface area contributed by atoms with E-state index in [1.807, 2.05) is 7.05 Å². The van der Waals surface area contributed by atoms with Gasteiger partial charge in [0.15, 0.2) is 5.06 Å². The fraction of sp³-hybridized carbons (Fsp3) is 0.429. The summed E-state index contributed by atoms with van der Waals surface area (Å²) in [6.07, 6.45) is 0. The van der Waals surface area contributed by atoms with E-state index in [4.69, 9.17) is 4.74 Å². The van der Waals surface area contributed by atoms with Crippen molar-refractivity contribution in [1.29, 1.82) is 0 Å². The molecule has 0 aliphatic carbocycles. The van der Waals surface area contributed by atoms with Gasteiger partial charge >= 0.3 is 0 Å². The molecule has 0 saturated carbocycles. The van der Waals surface area contributed by atoms with E-state index in [-0.39, 0.29) is 0 Å². The maximum Gasteiger partial charge on any atom is 0.188 e. The number of thiophene rings is 1. The highest BCUT2D eigenvalue weighted by molar-refractivity contribution is 9.10. The van der Waals surface area contributed by atoms with Crippen LogP contribution in [0.15, 0.2) is 10.5 Å². The summed E-state index contributed by atoms with van der Waals surface area (Å²) in [5, 5.41) is 4.02. The minimum Gasteiger partial charge on any atom is -0.486 e. The van der Waals surface area contributed by atoms with Crippen molar-refractivity contribution < 1.29 is 4.74 Å². The molecule has 0 saturated heterocycles. The van der Waals surface area contributed by atoms with Crippen molar-refractivity contribution in [2.75, 3.05) is 14.2 Å². The summed E-state index contributed by atoms with van der Waals surface area (Å²) >= 11 is 5.06. The highest BCUT2D eigenvalue weighted by atomic mass is 79.9. The fourth-order valence-electron chi connectivity index (χ4n) is 0.798. The molecular formula is C7H10BrNOS. The number of hydrogen-bond donors (Lipinski definition) is 1. The lowest BCUT2D eigenvalue weighted by atomic mass is 10.5. The van der Waals surface area contributed by atoms with Crippen LogP contribution < -0.4 is 10.1 Å². The first-order valence-corrected chi connectivity index (χ1v) is 4.85. The van der Waals surface area contributed by atoms with E-state index in [1.165, 1.54) is 4.88 Å². The number of ether oxygens (including phenoxy) is 1. The normalized spacial score (nSPS) is 10.1. The summed E-state index contributed by atoms with van der Waals surface area (Å²) in [6.45, 7) is 0.895. The topological polar surface area (TPSA) is 21.3 Å². The number of rotatable bonds is 3. The molecule has 1 heterocycles. The molecule has 11 heavy (non-hydrogen) atoms. The monoisotopic (exact) mass is 235 g/mol. The second kappa shape index (κ2) is 4.09. The molecule has 0 bridgehead atoms. The quantitative estimate of drug-likeness (QED) is 0.868. The second-order valence-corrected chi connectivity index (χ2v) is 4.04. The van der Waals surface area contributed by atoms with Gasteiger partial charge in [-0.15, -0.1) is 11.3 Å². The zero-order valence-corrected chi connectivity index (χ0v) is 8.88. The van der Waals surface area contributed by atoms with Gasteiger partial charge in [-0.3, -0.25) is 0 Å². The van der Waals surface area contributed by atoms with E-state index in [0.717, 1.165) is 16.1 Å². The van der Waals surface area contributed by atoms with Gasteiger partial charge in [-0.25, -0.2) is 0 Å². The molecule has 1 aromatic heterocycles. The van der Waals surface area contributed by atoms with Gasteiger partial charge in [0.05, 0.1) is 11.6 Å². The lowest BCUT2D eigenvalue weighted by molar-refractivity contribution is 0.425. The van der Waals surface area contributed by atoms with E-state index in [0.29, 0.717) is 0 Å². The van der Waals surface area contributed by atoms with Gasteiger partial charge in [-0.05, 0) is 29.0 Å². The van der Waals surface area contributed by atoms with Crippen LogP contribution in [0.2, 0.25) is 0 Å². The predicted octanol–water partition coefficient (Wildman–Crippen LogP) is 2.24. The predicted molar refractivity (Wildman–Crippen MR) is 51.3 cm³/mol. The maximum atomic E-state index is 5.12. The van der Waals surface area contributed by atoms with Crippen LogP contribution in [0.4, 0.5) is 0 Å². The van der Waals surface area contributed by atoms with Crippen LogP contribution >= 0.6 is 27.3 Å². The molecule has 62 valence electrons. The van der Waals surface area contributed by atoms with Crippen molar-refractivity contribution in [2.24, 2.45) is 0 Å². The summed E-state index contributed by atoms with van der Waals surface area (Å²) < 4.78 is 6.15. The van der Waals surface area contributed by atoms with Crippen LogP contribution in [0.3, 0.4) is 0 Å². The largest absolute Gasteiger partial charge is 0.486 e. The minimum absolute atomic E-state index is 0.895. The van der Waals surface area contributed by atoms with Crippen molar-refractivity contribution >= 4 is 27.3 Å². The van der Waals surface area contributed by atoms with Gasteiger partial charge in [-0.2, -0.15) is 0 Å². The highest BCUT2D eigenvalue weighted by Crippen LogP contribution is 2.34. The zero-order valence-electron chi connectivity index (χ0n) is 6.48. The van der Waals surface area contributed by atoms with Crippen LogP contribution in [0.1, 0.15) is 4.88 Å². The first kappa shape index (κ1) is 9.03. The number of methoxy groups -OCH3 is 1. The van der Waals surface area contributed by atoms with E-state index < -0.39 is 0 Å². The van der Waals surface area contributed by atoms with Crippen molar-refractivity contribution in [1.82, 2.24) is 5.32 Å². The third-order valence-corrected chi connectivity index (χ3v) is 3.19. The van der Waals surface area contributed by atoms with Crippen molar-refractivity contribution in [3.05, 3.63) is 15.4 Å². The molecule has 4 heteroatoms. The Bertz CT molecular complexity index is 236. The van der Waals surface area contributed by atoms with Crippen LogP contribution in [0.25, 0.3) is 0 Å². The molecule has 0 spiro atoms. The molecule has 0 fully saturated rings. The summed E-state index contributed by atoms with van der Waals surface area (Å²) in [5.41, 5.74) is 0. The number of nitrogens with one attached hydrogen (secondary N) is 1. The van der Waals surface area contributed by atoms with Crippen LogP contribution in [0, 0.1) is 0 Å². The Balaban J connectivity index is 2.77. The van der Waals surface area contributed by atoms with Crippen molar-refractivity contribution in [3.63, 3.8) is 0 Å². The van der Waals surface area contributed by atoms with Gasteiger partial charge in [-0.1, -0.05) is 0 Å². The number of hydrogen-bond acceptors (Lipinski definition) is 3. The van der Waals surface area contributed by atoms with Gasteiger partial charge in [0.25, 0.3) is 0 Å². The smallest absolute Gasteiger partial charge is 0.188 e. The fourth-order valence-corrected chi connectivity index (χ4v) is 2.50. The van der Waals surface area contributed by atoms with Gasteiger partial charge in [0.1, 0.15) is 0 Å². The Labute approximate surface area is 78.7 Å². The number of halogens is 1. The van der Waals surface area contributed by atoms with E-state index in [1.54, 1.807) is 18.4 Å². The molecule has 2 nitrogen and oxygen atoms in total. The Morgan fingerprint density at radius 2 is 2.45 bits per heavy atom. The molecule has 1 aromatic rings. The second-order valence-electron chi connectivity index (χ2n) is 2.08. The van der Waals surface area contributed by atoms with Gasteiger partial charge < -0.3 is 10.1 Å². The summed E-state index contributed by atoms with van der Waals surface area (Å²) in [7, 11) is 3.61. The van der Waals surface area contributed by atoms with E-state index in [9.17, 15) is 0 Å². The third-order valence-electron chi connectivity index (χ3n) is 1.24. The summed E-state index contributed by atoms with van der Waals surface area (Å²) in [6, 6.07) is 2.07. The first-order valence-electron chi connectivity index (χ1n) is 3.24. The average Bonchev–Trinajstić information content (AvgIpc) is 2.32. The zero-order chi connectivity index (χ0) is 8.27. The van der Waals surface area contributed by atoms with E-state index >= 15 is 0 Å². The van der Waals surface area contributed by atoms with Gasteiger partial charge in [0.2, 0.25) is 0 Å². The molecule has 0 amide bonds. The molecule has 0 aromatic carbocycles. The standard InChI is InChI=1S/C7H10BrNOS/c1-9-4-5-3-6(8)7(10-2)11-5/h3,9H,4H2,1-2H3. The molecule has 1 rings (SSSR count). The highest BCUT2D eigenvalue weighted by Gasteiger charge is 2.04. The molecule has 0 atom stereocenters. The molecule has 1 N–H and O–H groups in total. The summed E-state index contributed by atoms with van der Waals surface area (Å²) in [4.78, 5) is 1.27. The van der Waals surface area contributed by atoms with E-state index in [2.05, 4.69) is 27.3 Å². The Hall–Kier alpha value is -0.0600. The first-order chi connectivity index (χ1) is 5.27. The Morgan fingerprint density at radius 1 is 1.73 bits per heavy atom. The molecule has 0 radical (unpaired) electrons. The van der Waals surface area contributed by atoms with Crippen LogP contribution in [-0.2, 0) is 6.54 Å². The van der Waals surface area contributed by atoms with Crippen LogP contribution in [-0.4, -0.2) is 14.2 Å². The van der Waals surface area contributed by atoms with Crippen molar-refractivity contribution in [3.8, 4) is 5.06 Å².